The van der Waals surface area contributed by atoms with Gasteiger partial charge in [-0.3, -0.25) is 19.7 Å². The van der Waals surface area contributed by atoms with E-state index in [0.717, 1.165) is 0 Å². The van der Waals surface area contributed by atoms with E-state index < -0.39 is 16.7 Å². The predicted octanol–water partition coefficient (Wildman–Crippen LogP) is 4.40. The molecule has 3 aromatic rings. The maximum absolute atomic E-state index is 13.1. The molecule has 0 saturated carbocycles. The minimum Gasteiger partial charge on any atom is -0.497 e. The fourth-order valence-electron chi connectivity index (χ4n) is 2.94. The summed E-state index contributed by atoms with van der Waals surface area (Å²) >= 11 is 0. The van der Waals surface area contributed by atoms with Crippen LogP contribution in [0.15, 0.2) is 84.6 Å². The second kappa shape index (κ2) is 10.0. The standard InChI is InChI=1S/C24H21N3O5/c1-16(17-8-12-20(13-9-17)27(30)31)22(26-23(28)18-6-4-3-5-7-18)24(29)25-19-10-14-21(32-2)15-11-19/h3-15H,1-2H3,(H,25,29)(H,26,28)/b22-16-. The molecule has 0 fully saturated rings. The fraction of sp³-hybridized carbons (Fsp3) is 0.0833. The Labute approximate surface area is 184 Å². The molecule has 0 aromatic heterocycles. The molecule has 0 unspecified atom stereocenters. The molecule has 3 aromatic carbocycles. The molecule has 0 bridgehead atoms. The van der Waals surface area contributed by atoms with Crippen molar-refractivity contribution < 1.29 is 19.2 Å². The van der Waals surface area contributed by atoms with Crippen molar-refractivity contribution in [3.63, 3.8) is 0 Å². The molecule has 0 atom stereocenters. The minimum absolute atomic E-state index is 0.0310. The van der Waals surface area contributed by atoms with Crippen LogP contribution >= 0.6 is 0 Å². The molecule has 2 N–H and O–H groups in total. The third-order valence-electron chi connectivity index (χ3n) is 4.74. The number of anilines is 1. The van der Waals surface area contributed by atoms with Gasteiger partial charge in [-0.25, -0.2) is 0 Å². The average Bonchev–Trinajstić information content (AvgIpc) is 2.83. The quantitative estimate of drug-likeness (QED) is 0.327. The van der Waals surface area contributed by atoms with E-state index in [2.05, 4.69) is 10.6 Å². The molecule has 162 valence electrons. The van der Waals surface area contributed by atoms with Gasteiger partial charge in [0.05, 0.1) is 12.0 Å². The van der Waals surface area contributed by atoms with E-state index >= 15 is 0 Å². The van der Waals surface area contributed by atoms with Crippen molar-refractivity contribution in [3.05, 3.63) is 106 Å². The molecule has 0 spiro atoms. The Hall–Kier alpha value is -4.46. The van der Waals surface area contributed by atoms with Crippen LogP contribution in [0.4, 0.5) is 11.4 Å². The number of hydrogen-bond donors (Lipinski definition) is 2. The second-order valence-electron chi connectivity index (χ2n) is 6.81. The lowest BCUT2D eigenvalue weighted by Crippen LogP contribution is -2.31. The second-order valence-corrected chi connectivity index (χ2v) is 6.81. The SMILES string of the molecule is COc1ccc(NC(=O)/C(NC(=O)c2ccccc2)=C(\C)c2ccc([N+](=O)[O-])cc2)cc1. The van der Waals surface area contributed by atoms with Crippen molar-refractivity contribution in [2.45, 2.75) is 6.92 Å². The summed E-state index contributed by atoms with van der Waals surface area (Å²) in [5.41, 5.74) is 1.87. The molecule has 0 heterocycles. The van der Waals surface area contributed by atoms with Gasteiger partial charge in [0.25, 0.3) is 17.5 Å². The summed E-state index contributed by atoms with van der Waals surface area (Å²) in [5.74, 6) is -0.347. The molecule has 0 aliphatic heterocycles. The van der Waals surface area contributed by atoms with E-state index in [-0.39, 0.29) is 11.4 Å². The lowest BCUT2D eigenvalue weighted by atomic mass is 10.0. The highest BCUT2D eigenvalue weighted by molar-refractivity contribution is 6.12. The van der Waals surface area contributed by atoms with Gasteiger partial charge >= 0.3 is 0 Å². The average molecular weight is 431 g/mol. The maximum Gasteiger partial charge on any atom is 0.272 e. The van der Waals surface area contributed by atoms with Crippen molar-refractivity contribution in [1.29, 1.82) is 0 Å². The van der Waals surface area contributed by atoms with Crippen molar-refractivity contribution in [2.24, 2.45) is 0 Å². The number of non-ortho nitro benzene ring substituents is 1. The van der Waals surface area contributed by atoms with Crippen LogP contribution in [-0.2, 0) is 4.79 Å². The zero-order valence-corrected chi connectivity index (χ0v) is 17.5. The van der Waals surface area contributed by atoms with Crippen LogP contribution in [0.2, 0.25) is 0 Å². The van der Waals surface area contributed by atoms with Gasteiger partial charge in [0.2, 0.25) is 0 Å². The Morgan fingerprint density at radius 3 is 2.06 bits per heavy atom. The van der Waals surface area contributed by atoms with E-state index in [1.54, 1.807) is 68.6 Å². The number of ether oxygens (including phenoxy) is 1. The maximum atomic E-state index is 13.1. The van der Waals surface area contributed by atoms with Gasteiger partial charge in [0.1, 0.15) is 11.4 Å². The van der Waals surface area contributed by atoms with Gasteiger partial charge in [-0.15, -0.1) is 0 Å². The minimum atomic E-state index is -0.532. The van der Waals surface area contributed by atoms with Gasteiger partial charge in [-0.2, -0.15) is 0 Å². The van der Waals surface area contributed by atoms with E-state index in [0.29, 0.717) is 28.1 Å². The number of amides is 2. The number of nitrogens with one attached hydrogen (secondary N) is 2. The van der Waals surface area contributed by atoms with E-state index in [1.807, 2.05) is 0 Å². The summed E-state index contributed by atoms with van der Waals surface area (Å²) in [4.78, 5) is 36.3. The zero-order valence-electron chi connectivity index (χ0n) is 17.5. The molecule has 0 saturated heterocycles. The van der Waals surface area contributed by atoms with Crippen LogP contribution in [-0.4, -0.2) is 23.8 Å². The highest BCUT2D eigenvalue weighted by Gasteiger charge is 2.19. The first-order valence-corrected chi connectivity index (χ1v) is 9.66. The van der Waals surface area contributed by atoms with Crippen LogP contribution in [0, 0.1) is 10.1 Å². The smallest absolute Gasteiger partial charge is 0.272 e. The van der Waals surface area contributed by atoms with Crippen molar-refractivity contribution in [2.75, 3.05) is 12.4 Å². The number of nitrogens with zero attached hydrogens (tertiary/aromatic N) is 1. The van der Waals surface area contributed by atoms with Crippen LogP contribution in [0.5, 0.6) is 5.75 Å². The summed E-state index contributed by atoms with van der Waals surface area (Å²) in [5, 5.41) is 16.4. The molecule has 0 aliphatic rings. The number of carbonyl (C=O) groups is 2. The van der Waals surface area contributed by atoms with Crippen molar-refractivity contribution >= 4 is 28.8 Å². The van der Waals surface area contributed by atoms with Gasteiger partial charge in [-0.1, -0.05) is 18.2 Å². The molecule has 0 radical (unpaired) electrons. The highest BCUT2D eigenvalue weighted by atomic mass is 16.6. The Morgan fingerprint density at radius 1 is 0.875 bits per heavy atom. The predicted molar refractivity (Wildman–Crippen MR) is 121 cm³/mol. The van der Waals surface area contributed by atoms with Gasteiger partial charge in [-0.05, 0) is 66.6 Å². The molecule has 0 aliphatic carbocycles. The number of rotatable bonds is 7. The third kappa shape index (κ3) is 5.37. The Morgan fingerprint density at radius 2 is 1.50 bits per heavy atom. The van der Waals surface area contributed by atoms with Gasteiger partial charge in [0.15, 0.2) is 0 Å². The summed E-state index contributed by atoms with van der Waals surface area (Å²) in [7, 11) is 1.54. The summed E-state index contributed by atoms with van der Waals surface area (Å²) < 4.78 is 5.12. The Kier molecular flexibility index (Phi) is 6.97. The molecular formula is C24H21N3O5. The van der Waals surface area contributed by atoms with Crippen molar-refractivity contribution in [1.82, 2.24) is 5.32 Å². The normalized spacial score (nSPS) is 11.2. The van der Waals surface area contributed by atoms with E-state index in [1.165, 1.54) is 24.3 Å². The van der Waals surface area contributed by atoms with Gasteiger partial charge in [0, 0.05) is 23.4 Å². The number of carbonyl (C=O) groups excluding carboxylic acids is 2. The Balaban J connectivity index is 1.95. The van der Waals surface area contributed by atoms with Crippen LogP contribution in [0.1, 0.15) is 22.8 Å². The molecular weight excluding hydrogens is 410 g/mol. The largest absolute Gasteiger partial charge is 0.497 e. The number of nitro groups is 1. The summed E-state index contributed by atoms with van der Waals surface area (Å²) in [6, 6.07) is 21.0. The molecule has 3 rings (SSSR count). The summed E-state index contributed by atoms with van der Waals surface area (Å²) in [6.45, 7) is 1.66. The molecule has 32 heavy (non-hydrogen) atoms. The topological polar surface area (TPSA) is 111 Å². The first kappa shape index (κ1) is 22.2. The lowest BCUT2D eigenvalue weighted by molar-refractivity contribution is -0.384. The van der Waals surface area contributed by atoms with Crippen LogP contribution in [0.3, 0.4) is 0 Å². The van der Waals surface area contributed by atoms with Crippen molar-refractivity contribution in [3.8, 4) is 5.75 Å². The third-order valence-corrected chi connectivity index (χ3v) is 4.74. The number of nitro benzene ring substituents is 1. The fourth-order valence-corrected chi connectivity index (χ4v) is 2.94. The number of methoxy groups -OCH3 is 1. The number of allylic oxidation sites excluding steroid dienone is 1. The first-order valence-electron chi connectivity index (χ1n) is 9.66. The Bertz CT molecular complexity index is 1150. The van der Waals surface area contributed by atoms with Gasteiger partial charge < -0.3 is 15.4 Å². The molecule has 8 nitrogen and oxygen atoms in total. The van der Waals surface area contributed by atoms with E-state index in [9.17, 15) is 19.7 Å². The van der Waals surface area contributed by atoms with Crippen LogP contribution in [0.25, 0.3) is 5.57 Å². The first-order chi connectivity index (χ1) is 15.4. The lowest BCUT2D eigenvalue weighted by Gasteiger charge is -2.15. The summed E-state index contributed by atoms with van der Waals surface area (Å²) in [6.07, 6.45) is 0. The monoisotopic (exact) mass is 431 g/mol. The van der Waals surface area contributed by atoms with E-state index in [4.69, 9.17) is 4.74 Å². The van der Waals surface area contributed by atoms with Crippen LogP contribution < -0.4 is 15.4 Å². The molecule has 2 amide bonds. The highest BCUT2D eigenvalue weighted by Crippen LogP contribution is 2.22. The zero-order chi connectivity index (χ0) is 23.1. The number of hydrogen-bond acceptors (Lipinski definition) is 5. The number of benzene rings is 3. The molecule has 8 heteroatoms.